The molecular formula is C10H13N3O3. The molecule has 6 heteroatoms. The number of hydrogen-bond donors (Lipinski definition) is 3. The van der Waals surface area contributed by atoms with Crippen LogP contribution in [-0.4, -0.2) is 28.0 Å². The first kappa shape index (κ1) is 12.1. The Balaban J connectivity index is 2.60. The SMILES string of the molecule is Cc1cccc(NC(=O)C(N)CC(=O)O)n1. The summed E-state index contributed by atoms with van der Waals surface area (Å²) in [7, 11) is 0. The van der Waals surface area contributed by atoms with E-state index in [1.54, 1.807) is 25.1 Å². The van der Waals surface area contributed by atoms with Crippen LogP contribution in [0.2, 0.25) is 0 Å². The van der Waals surface area contributed by atoms with Crippen molar-refractivity contribution in [1.29, 1.82) is 0 Å². The average molecular weight is 223 g/mol. The summed E-state index contributed by atoms with van der Waals surface area (Å²) in [6, 6.07) is 4.06. The zero-order valence-corrected chi connectivity index (χ0v) is 8.80. The smallest absolute Gasteiger partial charge is 0.305 e. The van der Waals surface area contributed by atoms with Gasteiger partial charge in [0.1, 0.15) is 5.82 Å². The first-order chi connectivity index (χ1) is 7.49. The minimum atomic E-state index is -1.11. The molecular weight excluding hydrogens is 210 g/mol. The topological polar surface area (TPSA) is 105 Å². The number of aliphatic carboxylic acids is 1. The highest BCUT2D eigenvalue weighted by molar-refractivity contribution is 5.95. The van der Waals surface area contributed by atoms with E-state index in [2.05, 4.69) is 10.3 Å². The van der Waals surface area contributed by atoms with Gasteiger partial charge in [0.05, 0.1) is 12.5 Å². The summed E-state index contributed by atoms with van der Waals surface area (Å²) < 4.78 is 0. The van der Waals surface area contributed by atoms with E-state index in [0.717, 1.165) is 5.69 Å². The van der Waals surface area contributed by atoms with Crippen LogP contribution < -0.4 is 11.1 Å². The van der Waals surface area contributed by atoms with Gasteiger partial charge in [-0.25, -0.2) is 4.98 Å². The van der Waals surface area contributed by atoms with E-state index in [-0.39, 0.29) is 0 Å². The van der Waals surface area contributed by atoms with Gasteiger partial charge in [0.2, 0.25) is 5.91 Å². The first-order valence-corrected chi connectivity index (χ1v) is 4.71. The molecule has 0 aliphatic rings. The molecule has 0 saturated carbocycles. The largest absolute Gasteiger partial charge is 0.481 e. The Bertz CT molecular complexity index is 406. The van der Waals surface area contributed by atoms with Crippen molar-refractivity contribution in [3.63, 3.8) is 0 Å². The number of hydrogen-bond acceptors (Lipinski definition) is 4. The molecule has 86 valence electrons. The van der Waals surface area contributed by atoms with Crippen LogP contribution in [0, 0.1) is 6.92 Å². The van der Waals surface area contributed by atoms with Crippen LogP contribution in [0.1, 0.15) is 12.1 Å². The minimum absolute atomic E-state index is 0.367. The number of anilines is 1. The van der Waals surface area contributed by atoms with Gasteiger partial charge in [-0.1, -0.05) is 6.07 Å². The zero-order chi connectivity index (χ0) is 12.1. The van der Waals surface area contributed by atoms with Crippen LogP contribution in [0.25, 0.3) is 0 Å². The molecule has 0 saturated heterocycles. The maximum absolute atomic E-state index is 11.4. The van der Waals surface area contributed by atoms with Crippen LogP contribution in [0.5, 0.6) is 0 Å². The van der Waals surface area contributed by atoms with Gasteiger partial charge in [0, 0.05) is 5.69 Å². The van der Waals surface area contributed by atoms with Gasteiger partial charge in [0.25, 0.3) is 0 Å². The van der Waals surface area contributed by atoms with Gasteiger partial charge in [-0.2, -0.15) is 0 Å². The molecule has 1 rings (SSSR count). The molecule has 16 heavy (non-hydrogen) atoms. The predicted octanol–water partition coefficient (Wildman–Crippen LogP) is 0.131. The molecule has 1 atom stereocenters. The van der Waals surface area contributed by atoms with Gasteiger partial charge < -0.3 is 16.2 Å². The summed E-state index contributed by atoms with van der Waals surface area (Å²) in [4.78, 5) is 25.8. The summed E-state index contributed by atoms with van der Waals surface area (Å²) in [6.07, 6.45) is -0.405. The normalized spacial score (nSPS) is 11.9. The molecule has 0 aromatic carbocycles. The lowest BCUT2D eigenvalue weighted by Gasteiger charge is -2.09. The van der Waals surface area contributed by atoms with Crippen LogP contribution in [-0.2, 0) is 9.59 Å². The molecule has 0 bridgehead atoms. The lowest BCUT2D eigenvalue weighted by molar-refractivity contribution is -0.138. The third kappa shape index (κ3) is 3.66. The number of carbonyl (C=O) groups is 2. The summed E-state index contributed by atoms with van der Waals surface area (Å²) in [5.41, 5.74) is 6.14. The van der Waals surface area contributed by atoms with E-state index in [9.17, 15) is 9.59 Å². The lowest BCUT2D eigenvalue weighted by atomic mass is 10.2. The van der Waals surface area contributed by atoms with Gasteiger partial charge in [0.15, 0.2) is 0 Å². The third-order valence-corrected chi connectivity index (χ3v) is 1.87. The molecule has 0 aliphatic carbocycles. The molecule has 0 fully saturated rings. The number of aryl methyl sites for hydroxylation is 1. The molecule has 1 aromatic heterocycles. The van der Waals surface area contributed by atoms with E-state index in [1.165, 1.54) is 0 Å². The van der Waals surface area contributed by atoms with Crippen molar-refractivity contribution < 1.29 is 14.7 Å². The molecule has 0 spiro atoms. The summed E-state index contributed by atoms with van der Waals surface area (Å²) in [5, 5.41) is 10.9. The summed E-state index contributed by atoms with van der Waals surface area (Å²) in [5.74, 6) is -1.30. The number of pyridine rings is 1. The van der Waals surface area contributed by atoms with Crippen molar-refractivity contribution in [2.24, 2.45) is 5.73 Å². The number of carboxylic acids is 1. The van der Waals surface area contributed by atoms with Gasteiger partial charge in [-0.05, 0) is 19.1 Å². The summed E-state index contributed by atoms with van der Waals surface area (Å²) in [6.45, 7) is 1.78. The molecule has 1 aromatic rings. The standard InChI is InChI=1S/C10H13N3O3/c1-6-3-2-4-8(12-6)13-10(16)7(11)5-9(14)15/h2-4,7H,5,11H2,1H3,(H,14,15)(H,12,13,16). The summed E-state index contributed by atoms with van der Waals surface area (Å²) >= 11 is 0. The number of rotatable bonds is 4. The van der Waals surface area contributed by atoms with Crippen LogP contribution in [0.3, 0.4) is 0 Å². The Morgan fingerprint density at radius 2 is 2.25 bits per heavy atom. The Kier molecular flexibility index (Phi) is 3.96. The number of nitrogens with zero attached hydrogens (tertiary/aromatic N) is 1. The number of carboxylic acid groups (broad SMARTS) is 1. The predicted molar refractivity (Wildman–Crippen MR) is 57.8 cm³/mol. The zero-order valence-electron chi connectivity index (χ0n) is 8.80. The quantitative estimate of drug-likeness (QED) is 0.672. The van der Waals surface area contributed by atoms with Crippen LogP contribution in [0.4, 0.5) is 5.82 Å². The second kappa shape index (κ2) is 5.22. The van der Waals surface area contributed by atoms with E-state index in [0.29, 0.717) is 5.82 Å². The Hall–Kier alpha value is -1.95. The fourth-order valence-corrected chi connectivity index (χ4v) is 1.11. The van der Waals surface area contributed by atoms with Crippen molar-refractivity contribution in [1.82, 2.24) is 4.98 Å². The van der Waals surface area contributed by atoms with Crippen molar-refractivity contribution >= 4 is 17.7 Å². The molecule has 6 nitrogen and oxygen atoms in total. The van der Waals surface area contributed by atoms with Gasteiger partial charge in [-0.3, -0.25) is 9.59 Å². The van der Waals surface area contributed by atoms with E-state index >= 15 is 0 Å². The Morgan fingerprint density at radius 1 is 1.56 bits per heavy atom. The van der Waals surface area contributed by atoms with E-state index in [4.69, 9.17) is 10.8 Å². The first-order valence-electron chi connectivity index (χ1n) is 4.71. The lowest BCUT2D eigenvalue weighted by Crippen LogP contribution is -2.37. The van der Waals surface area contributed by atoms with Crippen molar-refractivity contribution in [3.8, 4) is 0 Å². The number of amides is 1. The van der Waals surface area contributed by atoms with Crippen molar-refractivity contribution in [2.75, 3.05) is 5.32 Å². The van der Waals surface area contributed by atoms with Gasteiger partial charge in [-0.15, -0.1) is 0 Å². The minimum Gasteiger partial charge on any atom is -0.481 e. The Morgan fingerprint density at radius 3 is 2.81 bits per heavy atom. The van der Waals surface area contributed by atoms with E-state index < -0.39 is 24.3 Å². The maximum Gasteiger partial charge on any atom is 0.305 e. The number of nitrogens with two attached hydrogens (primary N) is 1. The fraction of sp³-hybridized carbons (Fsp3) is 0.300. The van der Waals surface area contributed by atoms with Crippen LogP contribution >= 0.6 is 0 Å². The number of carbonyl (C=O) groups excluding carboxylic acids is 1. The molecule has 1 unspecified atom stereocenters. The highest BCUT2D eigenvalue weighted by Gasteiger charge is 2.17. The van der Waals surface area contributed by atoms with E-state index in [1.807, 2.05) is 0 Å². The second-order valence-corrected chi connectivity index (χ2v) is 3.36. The second-order valence-electron chi connectivity index (χ2n) is 3.36. The van der Waals surface area contributed by atoms with Crippen LogP contribution in [0.15, 0.2) is 18.2 Å². The third-order valence-electron chi connectivity index (χ3n) is 1.87. The molecule has 4 N–H and O–H groups in total. The van der Waals surface area contributed by atoms with Gasteiger partial charge >= 0.3 is 5.97 Å². The maximum atomic E-state index is 11.4. The highest BCUT2D eigenvalue weighted by Crippen LogP contribution is 2.04. The Labute approximate surface area is 92.5 Å². The molecule has 1 amide bonds. The van der Waals surface area contributed by atoms with Crippen molar-refractivity contribution in [3.05, 3.63) is 23.9 Å². The number of nitrogens with one attached hydrogen (secondary N) is 1. The molecule has 1 heterocycles. The number of aromatic nitrogens is 1. The fourth-order valence-electron chi connectivity index (χ4n) is 1.11. The highest BCUT2D eigenvalue weighted by atomic mass is 16.4. The monoisotopic (exact) mass is 223 g/mol. The molecule has 0 aliphatic heterocycles. The van der Waals surface area contributed by atoms with Crippen molar-refractivity contribution in [2.45, 2.75) is 19.4 Å². The molecule has 0 radical (unpaired) electrons. The average Bonchev–Trinajstić information content (AvgIpc) is 2.16.